The first-order valence-electron chi connectivity index (χ1n) is 5.05. The second-order valence-electron chi connectivity index (χ2n) is 3.43. The Bertz CT molecular complexity index is 255. The van der Waals surface area contributed by atoms with Gasteiger partial charge in [-0.1, -0.05) is 51.1 Å². The second kappa shape index (κ2) is 5.23. The first-order chi connectivity index (χ1) is 6.29. The number of hydrogen-bond acceptors (Lipinski definition) is 0. The molecule has 0 heterocycles. The van der Waals surface area contributed by atoms with Crippen LogP contribution in [0.15, 0.2) is 29.2 Å². The lowest BCUT2D eigenvalue weighted by Crippen LogP contribution is -1.97. The first kappa shape index (κ1) is 10.5. The minimum absolute atomic E-state index is 0.665. The lowest BCUT2D eigenvalue weighted by molar-refractivity contribution is 0.588. The van der Waals surface area contributed by atoms with Gasteiger partial charge in [0.1, 0.15) is 0 Å². The van der Waals surface area contributed by atoms with E-state index in [1.807, 2.05) is 12.1 Å². The van der Waals surface area contributed by atoms with Crippen LogP contribution in [0.3, 0.4) is 0 Å². The van der Waals surface area contributed by atoms with Gasteiger partial charge in [-0.15, -0.1) is 0 Å². The van der Waals surface area contributed by atoms with E-state index in [4.69, 9.17) is 12.6 Å². The van der Waals surface area contributed by atoms with Crippen molar-refractivity contribution in [3.05, 3.63) is 29.8 Å². The maximum Gasteiger partial charge on any atom is 0.0411 e. The highest BCUT2D eigenvalue weighted by molar-refractivity contribution is 7.80. The minimum atomic E-state index is 0.665. The molecule has 1 radical (unpaired) electrons. The van der Waals surface area contributed by atoms with Crippen LogP contribution < -0.4 is 0 Å². The van der Waals surface area contributed by atoms with E-state index in [0.29, 0.717) is 5.92 Å². The van der Waals surface area contributed by atoms with Gasteiger partial charge in [-0.2, -0.15) is 0 Å². The summed E-state index contributed by atoms with van der Waals surface area (Å²) in [7, 11) is 0. The Morgan fingerprint density at radius 3 is 2.46 bits per heavy atom. The largest absolute Gasteiger partial charge is 0.0798 e. The molecule has 71 valence electrons. The summed E-state index contributed by atoms with van der Waals surface area (Å²) in [4.78, 5) is 1.03. The molecule has 0 aromatic heterocycles. The quantitative estimate of drug-likeness (QED) is 0.658. The molecular weight excluding hydrogens is 176 g/mol. The zero-order valence-electron chi connectivity index (χ0n) is 8.42. The molecule has 1 aromatic rings. The van der Waals surface area contributed by atoms with Gasteiger partial charge in [0, 0.05) is 4.90 Å². The Morgan fingerprint density at radius 1 is 1.23 bits per heavy atom. The van der Waals surface area contributed by atoms with Gasteiger partial charge in [0.15, 0.2) is 0 Å². The molecule has 1 unspecified atom stereocenters. The molecular formula is C12H17S. The highest BCUT2D eigenvalue weighted by atomic mass is 32.1. The van der Waals surface area contributed by atoms with E-state index in [1.54, 1.807) is 0 Å². The van der Waals surface area contributed by atoms with Crippen LogP contribution in [0.5, 0.6) is 0 Å². The van der Waals surface area contributed by atoms with Crippen molar-refractivity contribution in [2.75, 3.05) is 0 Å². The smallest absolute Gasteiger partial charge is 0.0411 e. The van der Waals surface area contributed by atoms with Crippen LogP contribution in [0.4, 0.5) is 0 Å². The Kier molecular flexibility index (Phi) is 4.23. The normalized spacial score (nSPS) is 12.8. The first-order valence-corrected chi connectivity index (χ1v) is 5.46. The van der Waals surface area contributed by atoms with Gasteiger partial charge in [0.2, 0.25) is 0 Å². The van der Waals surface area contributed by atoms with E-state index in [9.17, 15) is 0 Å². The van der Waals surface area contributed by atoms with Crippen LogP contribution in [-0.2, 0) is 0 Å². The third kappa shape index (κ3) is 2.70. The molecule has 0 aliphatic heterocycles. The highest BCUT2D eigenvalue weighted by Crippen LogP contribution is 2.29. The van der Waals surface area contributed by atoms with Gasteiger partial charge in [-0.25, -0.2) is 0 Å². The van der Waals surface area contributed by atoms with E-state index in [0.717, 1.165) is 4.90 Å². The predicted octanol–water partition coefficient (Wildman–Crippen LogP) is 4.54. The van der Waals surface area contributed by atoms with Crippen LogP contribution in [0, 0.1) is 0 Å². The highest BCUT2D eigenvalue weighted by Gasteiger charge is 2.10. The van der Waals surface area contributed by atoms with Crippen LogP contribution in [-0.4, -0.2) is 0 Å². The maximum atomic E-state index is 5.31. The lowest BCUT2D eigenvalue weighted by Gasteiger charge is -2.15. The minimum Gasteiger partial charge on any atom is -0.0798 e. The van der Waals surface area contributed by atoms with Crippen LogP contribution in [0.25, 0.3) is 0 Å². The topological polar surface area (TPSA) is 0 Å². The third-order valence-electron chi connectivity index (χ3n) is 2.49. The van der Waals surface area contributed by atoms with Crippen molar-refractivity contribution in [1.29, 1.82) is 0 Å². The van der Waals surface area contributed by atoms with Crippen molar-refractivity contribution < 1.29 is 0 Å². The standard InChI is InChI=1S/C12H17S/c1-3-7-10(4-2)11-8-5-6-9-12(11)13/h5-6,8-10H,3-4,7H2,1-2H3. The van der Waals surface area contributed by atoms with Gasteiger partial charge in [-0.05, 0) is 30.4 Å². The fourth-order valence-electron chi connectivity index (χ4n) is 1.75. The summed E-state index contributed by atoms with van der Waals surface area (Å²) in [6.45, 7) is 4.47. The Morgan fingerprint density at radius 2 is 1.92 bits per heavy atom. The van der Waals surface area contributed by atoms with Crippen molar-refractivity contribution in [3.8, 4) is 0 Å². The van der Waals surface area contributed by atoms with Gasteiger partial charge in [-0.3, -0.25) is 0 Å². The van der Waals surface area contributed by atoms with E-state index in [2.05, 4.69) is 26.0 Å². The fourth-order valence-corrected chi connectivity index (χ4v) is 2.06. The average molecular weight is 193 g/mol. The SMILES string of the molecule is CCCC(CC)c1ccccc1[S]. The van der Waals surface area contributed by atoms with E-state index in [1.165, 1.54) is 24.8 Å². The molecule has 0 bridgehead atoms. The zero-order chi connectivity index (χ0) is 9.68. The molecule has 0 nitrogen and oxygen atoms in total. The van der Waals surface area contributed by atoms with Gasteiger partial charge >= 0.3 is 0 Å². The summed E-state index contributed by atoms with van der Waals surface area (Å²) in [5.41, 5.74) is 1.36. The Balaban J connectivity index is 2.84. The molecule has 0 amide bonds. The molecule has 1 rings (SSSR count). The van der Waals surface area contributed by atoms with E-state index >= 15 is 0 Å². The molecule has 1 heteroatoms. The summed E-state index contributed by atoms with van der Waals surface area (Å²) >= 11 is 5.31. The molecule has 0 aliphatic carbocycles. The van der Waals surface area contributed by atoms with Gasteiger partial charge in [0.05, 0.1) is 0 Å². The Hall–Kier alpha value is -0.560. The summed E-state index contributed by atoms with van der Waals surface area (Å²) in [5, 5.41) is 0. The number of hydrogen-bond donors (Lipinski definition) is 0. The molecule has 0 saturated carbocycles. The van der Waals surface area contributed by atoms with Crippen LogP contribution in [0.2, 0.25) is 0 Å². The molecule has 0 saturated heterocycles. The van der Waals surface area contributed by atoms with Gasteiger partial charge in [0.25, 0.3) is 0 Å². The van der Waals surface area contributed by atoms with Crippen LogP contribution >= 0.6 is 12.6 Å². The fraction of sp³-hybridized carbons (Fsp3) is 0.500. The summed E-state index contributed by atoms with van der Waals surface area (Å²) < 4.78 is 0. The van der Waals surface area contributed by atoms with Crippen molar-refractivity contribution in [3.63, 3.8) is 0 Å². The van der Waals surface area contributed by atoms with E-state index < -0.39 is 0 Å². The van der Waals surface area contributed by atoms with Gasteiger partial charge < -0.3 is 0 Å². The molecule has 1 atom stereocenters. The van der Waals surface area contributed by atoms with Crippen molar-refractivity contribution in [2.24, 2.45) is 0 Å². The Labute approximate surface area is 86.8 Å². The molecule has 0 spiro atoms. The monoisotopic (exact) mass is 193 g/mol. The zero-order valence-corrected chi connectivity index (χ0v) is 9.23. The molecule has 0 aliphatic rings. The van der Waals surface area contributed by atoms with Crippen molar-refractivity contribution >= 4 is 12.6 Å². The maximum absolute atomic E-state index is 5.31. The molecule has 0 fully saturated rings. The summed E-state index contributed by atoms with van der Waals surface area (Å²) in [6, 6.07) is 8.31. The van der Waals surface area contributed by atoms with Crippen molar-refractivity contribution in [2.45, 2.75) is 43.9 Å². The predicted molar refractivity (Wildman–Crippen MR) is 60.2 cm³/mol. The van der Waals surface area contributed by atoms with Crippen LogP contribution in [0.1, 0.15) is 44.6 Å². The molecule has 13 heavy (non-hydrogen) atoms. The number of benzene rings is 1. The average Bonchev–Trinajstić information content (AvgIpc) is 2.16. The molecule has 1 aromatic carbocycles. The van der Waals surface area contributed by atoms with Crippen molar-refractivity contribution in [1.82, 2.24) is 0 Å². The second-order valence-corrected chi connectivity index (χ2v) is 3.87. The lowest BCUT2D eigenvalue weighted by atomic mass is 9.92. The third-order valence-corrected chi connectivity index (χ3v) is 2.86. The number of rotatable bonds is 4. The summed E-state index contributed by atoms with van der Waals surface area (Å²) in [5.74, 6) is 0.665. The molecule has 0 N–H and O–H groups in total. The van der Waals surface area contributed by atoms with E-state index in [-0.39, 0.29) is 0 Å². The summed E-state index contributed by atoms with van der Waals surface area (Å²) in [6.07, 6.45) is 3.69.